The Morgan fingerprint density at radius 2 is 2.24 bits per heavy atom. The maximum absolute atomic E-state index is 5.99. The van der Waals surface area contributed by atoms with Crippen LogP contribution in [-0.4, -0.2) is 18.3 Å². The number of rotatable bonds is 4. The molecule has 0 aliphatic carbocycles. The third-order valence-electron chi connectivity index (χ3n) is 3.11. The van der Waals surface area contributed by atoms with Crippen LogP contribution in [0.1, 0.15) is 12.5 Å². The molecule has 1 aromatic carbocycles. The fourth-order valence-corrected chi connectivity index (χ4v) is 1.94. The molecule has 1 aromatic rings. The van der Waals surface area contributed by atoms with E-state index < -0.39 is 5.60 Å². The van der Waals surface area contributed by atoms with Crippen molar-refractivity contribution in [2.24, 2.45) is 0 Å². The average Bonchev–Trinajstić information content (AvgIpc) is 2.39. The van der Waals surface area contributed by atoms with Gasteiger partial charge in [-0.25, -0.2) is 0 Å². The summed E-state index contributed by atoms with van der Waals surface area (Å²) in [6, 6.07) is 10.1. The molecule has 0 bridgehead atoms. The normalized spacial score (nSPS) is 27.9. The third-order valence-corrected chi connectivity index (χ3v) is 3.11. The minimum absolute atomic E-state index is 0.00582. The maximum atomic E-state index is 5.99. The van der Waals surface area contributed by atoms with Crippen LogP contribution in [0.3, 0.4) is 0 Å². The summed E-state index contributed by atoms with van der Waals surface area (Å²) in [6.07, 6.45) is 5.83. The molecule has 90 valence electrons. The zero-order valence-corrected chi connectivity index (χ0v) is 10.1. The molecule has 2 nitrogen and oxygen atoms in total. The van der Waals surface area contributed by atoms with E-state index in [-0.39, 0.29) is 6.10 Å². The van der Waals surface area contributed by atoms with Gasteiger partial charge in [-0.2, -0.15) is 0 Å². The molecule has 0 saturated heterocycles. The molecule has 0 fully saturated rings. The Kier molecular flexibility index (Phi) is 3.77. The number of hydrogen-bond donors (Lipinski definition) is 0. The van der Waals surface area contributed by atoms with E-state index in [0.717, 1.165) is 5.56 Å². The van der Waals surface area contributed by atoms with Gasteiger partial charge in [-0.3, -0.25) is 0 Å². The van der Waals surface area contributed by atoms with Gasteiger partial charge in [0.15, 0.2) is 0 Å². The first-order valence-electron chi connectivity index (χ1n) is 5.87. The van der Waals surface area contributed by atoms with Crippen LogP contribution in [-0.2, 0) is 16.1 Å². The van der Waals surface area contributed by atoms with Crippen LogP contribution in [0, 0.1) is 0 Å². The van der Waals surface area contributed by atoms with E-state index in [1.165, 1.54) is 0 Å². The maximum Gasteiger partial charge on any atom is 0.130 e. The van der Waals surface area contributed by atoms with Crippen LogP contribution >= 0.6 is 0 Å². The highest BCUT2D eigenvalue weighted by Gasteiger charge is 2.34. The van der Waals surface area contributed by atoms with E-state index in [1.54, 1.807) is 0 Å². The van der Waals surface area contributed by atoms with Crippen LogP contribution in [0.15, 0.2) is 55.1 Å². The Balaban J connectivity index is 2.07. The molecule has 0 aromatic heterocycles. The molecule has 0 amide bonds. The summed E-state index contributed by atoms with van der Waals surface area (Å²) < 4.78 is 11.6. The molecule has 0 N–H and O–H groups in total. The summed E-state index contributed by atoms with van der Waals surface area (Å²) >= 11 is 0. The minimum atomic E-state index is -0.506. The second-order valence-electron chi connectivity index (χ2n) is 4.21. The zero-order valence-electron chi connectivity index (χ0n) is 10.1. The molecule has 1 aliphatic heterocycles. The summed E-state index contributed by atoms with van der Waals surface area (Å²) in [5, 5.41) is 0. The van der Waals surface area contributed by atoms with Crippen molar-refractivity contribution in [1.82, 2.24) is 0 Å². The lowest BCUT2D eigenvalue weighted by Crippen LogP contribution is -2.43. The Bertz CT molecular complexity index is 397. The summed E-state index contributed by atoms with van der Waals surface area (Å²) in [7, 11) is 0. The van der Waals surface area contributed by atoms with Gasteiger partial charge in [-0.05, 0) is 18.6 Å². The van der Waals surface area contributed by atoms with Gasteiger partial charge in [0.05, 0.1) is 19.3 Å². The first-order valence-corrected chi connectivity index (χ1v) is 5.87. The fraction of sp³-hybridized carbons (Fsp3) is 0.333. The lowest BCUT2D eigenvalue weighted by molar-refractivity contribution is -0.0948. The topological polar surface area (TPSA) is 18.5 Å². The van der Waals surface area contributed by atoms with Crippen molar-refractivity contribution in [3.05, 3.63) is 60.7 Å². The van der Waals surface area contributed by atoms with Crippen molar-refractivity contribution >= 4 is 0 Å². The SMILES string of the molecule is C=C[C@]1(OCc2ccccc2)C=CCO[C@H]1C. The smallest absolute Gasteiger partial charge is 0.130 e. The van der Waals surface area contributed by atoms with Crippen LogP contribution in [0.25, 0.3) is 0 Å². The molecule has 17 heavy (non-hydrogen) atoms. The van der Waals surface area contributed by atoms with Gasteiger partial charge >= 0.3 is 0 Å². The third kappa shape index (κ3) is 2.65. The highest BCUT2D eigenvalue weighted by Crippen LogP contribution is 2.27. The molecule has 1 heterocycles. The number of hydrogen-bond acceptors (Lipinski definition) is 2. The second-order valence-corrected chi connectivity index (χ2v) is 4.21. The van der Waals surface area contributed by atoms with E-state index >= 15 is 0 Å². The van der Waals surface area contributed by atoms with E-state index in [0.29, 0.717) is 13.2 Å². The lowest BCUT2D eigenvalue weighted by Gasteiger charge is -2.36. The second kappa shape index (κ2) is 5.30. The lowest BCUT2D eigenvalue weighted by atomic mass is 9.95. The van der Waals surface area contributed by atoms with Crippen molar-refractivity contribution in [2.75, 3.05) is 6.61 Å². The highest BCUT2D eigenvalue weighted by molar-refractivity contribution is 5.20. The van der Waals surface area contributed by atoms with E-state index in [4.69, 9.17) is 9.47 Å². The quantitative estimate of drug-likeness (QED) is 0.740. The van der Waals surface area contributed by atoms with Crippen molar-refractivity contribution in [1.29, 1.82) is 0 Å². The Labute approximate surface area is 103 Å². The molecule has 1 aliphatic rings. The number of ether oxygens (including phenoxy) is 2. The summed E-state index contributed by atoms with van der Waals surface area (Å²) in [5.41, 5.74) is 0.647. The van der Waals surface area contributed by atoms with Crippen LogP contribution < -0.4 is 0 Å². The van der Waals surface area contributed by atoms with Gasteiger partial charge in [-0.1, -0.05) is 49.1 Å². The molecule has 2 atom stereocenters. The summed E-state index contributed by atoms with van der Waals surface area (Å²) in [4.78, 5) is 0. The van der Waals surface area contributed by atoms with Crippen molar-refractivity contribution in [3.63, 3.8) is 0 Å². The largest absolute Gasteiger partial charge is 0.371 e. The van der Waals surface area contributed by atoms with Crippen LogP contribution in [0.5, 0.6) is 0 Å². The molecule has 0 radical (unpaired) electrons. The molecule has 0 unspecified atom stereocenters. The fourth-order valence-electron chi connectivity index (χ4n) is 1.94. The Morgan fingerprint density at radius 3 is 2.88 bits per heavy atom. The number of benzene rings is 1. The van der Waals surface area contributed by atoms with Gasteiger partial charge in [0.25, 0.3) is 0 Å². The van der Waals surface area contributed by atoms with Gasteiger partial charge < -0.3 is 9.47 Å². The monoisotopic (exact) mass is 230 g/mol. The predicted molar refractivity (Wildman–Crippen MR) is 68.7 cm³/mol. The molecular formula is C15H18O2. The summed E-state index contributed by atoms with van der Waals surface area (Å²) in [5.74, 6) is 0. The van der Waals surface area contributed by atoms with E-state index in [9.17, 15) is 0 Å². The molecule has 2 heteroatoms. The van der Waals surface area contributed by atoms with E-state index in [2.05, 4.69) is 18.7 Å². The van der Waals surface area contributed by atoms with E-state index in [1.807, 2.05) is 43.4 Å². The van der Waals surface area contributed by atoms with Crippen LogP contribution in [0.4, 0.5) is 0 Å². The van der Waals surface area contributed by atoms with Crippen molar-refractivity contribution in [2.45, 2.75) is 25.2 Å². The molecule has 0 spiro atoms. The van der Waals surface area contributed by atoms with Gasteiger partial charge in [0.2, 0.25) is 0 Å². The van der Waals surface area contributed by atoms with Crippen molar-refractivity contribution < 1.29 is 9.47 Å². The molecular weight excluding hydrogens is 212 g/mol. The Hall–Kier alpha value is -1.38. The van der Waals surface area contributed by atoms with Crippen LogP contribution in [0.2, 0.25) is 0 Å². The Morgan fingerprint density at radius 1 is 1.47 bits per heavy atom. The first-order chi connectivity index (χ1) is 8.27. The minimum Gasteiger partial charge on any atom is -0.371 e. The van der Waals surface area contributed by atoms with Gasteiger partial charge in [0, 0.05) is 0 Å². The summed E-state index contributed by atoms with van der Waals surface area (Å²) in [6.45, 7) is 7.08. The zero-order chi connectivity index (χ0) is 12.1. The van der Waals surface area contributed by atoms with Gasteiger partial charge in [0.1, 0.15) is 5.60 Å². The standard InChI is InChI=1S/C15H18O2/c1-3-15(10-7-11-16-13(15)2)17-12-14-8-5-4-6-9-14/h3-10,13H,1,11-12H2,2H3/t13-,15-/m0/s1. The highest BCUT2D eigenvalue weighted by atomic mass is 16.6. The predicted octanol–water partition coefficient (Wildman–Crippen LogP) is 3.10. The molecule has 2 rings (SSSR count). The first kappa shape index (κ1) is 12.1. The van der Waals surface area contributed by atoms with Gasteiger partial charge in [-0.15, -0.1) is 0 Å². The molecule has 0 saturated carbocycles. The average molecular weight is 230 g/mol. The van der Waals surface area contributed by atoms with Crippen molar-refractivity contribution in [3.8, 4) is 0 Å².